The standard InChI is InChI=1S/C20H21N3O2S2/c1-13-5-6-16(14(2)10-13)17-12-27-20(22-17)23-18(24)4-3-8-21-19(25)15-7-9-26-11-15/h5-7,9-12H,3-4,8H2,1-2H3,(H,21,25)(H,22,23,24). The largest absolute Gasteiger partial charge is 0.352 e. The number of hydrogen-bond donors (Lipinski definition) is 2. The van der Waals surface area contributed by atoms with Crippen molar-refractivity contribution in [1.29, 1.82) is 0 Å². The first-order valence-electron chi connectivity index (χ1n) is 8.66. The fourth-order valence-electron chi connectivity index (χ4n) is 2.68. The summed E-state index contributed by atoms with van der Waals surface area (Å²) in [6.07, 6.45) is 0.916. The fourth-order valence-corrected chi connectivity index (χ4v) is 4.05. The van der Waals surface area contributed by atoms with Crippen LogP contribution in [-0.2, 0) is 4.79 Å². The summed E-state index contributed by atoms with van der Waals surface area (Å²) in [7, 11) is 0. The van der Waals surface area contributed by atoms with Crippen molar-refractivity contribution in [2.45, 2.75) is 26.7 Å². The van der Waals surface area contributed by atoms with Gasteiger partial charge in [0.15, 0.2) is 5.13 Å². The van der Waals surface area contributed by atoms with Crippen LogP contribution in [-0.4, -0.2) is 23.3 Å². The van der Waals surface area contributed by atoms with E-state index in [1.54, 1.807) is 11.4 Å². The lowest BCUT2D eigenvalue weighted by molar-refractivity contribution is -0.116. The average Bonchev–Trinajstić information content (AvgIpc) is 3.30. The minimum absolute atomic E-state index is 0.0960. The zero-order chi connectivity index (χ0) is 19.2. The summed E-state index contributed by atoms with van der Waals surface area (Å²) in [4.78, 5) is 28.4. The topological polar surface area (TPSA) is 71.1 Å². The molecule has 0 spiro atoms. The number of anilines is 1. The molecule has 0 radical (unpaired) electrons. The Balaban J connectivity index is 1.46. The molecule has 0 saturated carbocycles. The first kappa shape index (κ1) is 19.3. The maximum absolute atomic E-state index is 12.1. The van der Waals surface area contributed by atoms with Crippen LogP contribution < -0.4 is 10.6 Å². The predicted molar refractivity (Wildman–Crippen MR) is 112 cm³/mol. The molecule has 0 aliphatic rings. The van der Waals surface area contributed by atoms with Crippen molar-refractivity contribution in [3.8, 4) is 11.3 Å². The van der Waals surface area contributed by atoms with Crippen LogP contribution >= 0.6 is 22.7 Å². The molecule has 0 aliphatic carbocycles. The smallest absolute Gasteiger partial charge is 0.252 e. The maximum atomic E-state index is 12.1. The monoisotopic (exact) mass is 399 g/mol. The third kappa shape index (κ3) is 5.24. The molecule has 0 aliphatic heterocycles. The molecule has 3 rings (SSSR count). The second-order valence-electron chi connectivity index (χ2n) is 6.28. The van der Waals surface area contributed by atoms with Crippen LogP contribution in [0.2, 0.25) is 0 Å². The summed E-state index contributed by atoms with van der Waals surface area (Å²) < 4.78 is 0. The van der Waals surface area contributed by atoms with Gasteiger partial charge in [0, 0.05) is 34.9 Å². The van der Waals surface area contributed by atoms with Crippen molar-refractivity contribution < 1.29 is 9.59 Å². The van der Waals surface area contributed by atoms with E-state index in [1.165, 1.54) is 33.8 Å². The van der Waals surface area contributed by atoms with Gasteiger partial charge in [0.05, 0.1) is 5.69 Å². The van der Waals surface area contributed by atoms with E-state index >= 15 is 0 Å². The van der Waals surface area contributed by atoms with Crippen molar-refractivity contribution in [3.05, 3.63) is 57.1 Å². The van der Waals surface area contributed by atoms with Crippen molar-refractivity contribution in [2.75, 3.05) is 11.9 Å². The van der Waals surface area contributed by atoms with Crippen molar-refractivity contribution in [3.63, 3.8) is 0 Å². The Labute approximate surface area is 166 Å². The molecule has 2 N–H and O–H groups in total. The number of carbonyl (C=O) groups is 2. The summed E-state index contributed by atoms with van der Waals surface area (Å²) in [6.45, 7) is 4.59. The number of nitrogens with one attached hydrogen (secondary N) is 2. The minimum Gasteiger partial charge on any atom is -0.352 e. The quantitative estimate of drug-likeness (QED) is 0.569. The summed E-state index contributed by atoms with van der Waals surface area (Å²) in [5, 5.41) is 11.9. The Hall–Kier alpha value is -2.51. The van der Waals surface area contributed by atoms with Crippen LogP contribution in [0.15, 0.2) is 40.4 Å². The Bertz CT molecular complexity index is 933. The van der Waals surface area contributed by atoms with Crippen molar-refractivity contribution in [1.82, 2.24) is 10.3 Å². The van der Waals surface area contributed by atoms with E-state index in [9.17, 15) is 9.59 Å². The molecule has 1 aromatic carbocycles. The molecule has 0 fully saturated rings. The average molecular weight is 400 g/mol. The zero-order valence-electron chi connectivity index (χ0n) is 15.2. The fraction of sp³-hybridized carbons (Fsp3) is 0.250. The number of aryl methyl sites for hydroxylation is 2. The van der Waals surface area contributed by atoms with Crippen LogP contribution in [0.1, 0.15) is 34.3 Å². The van der Waals surface area contributed by atoms with E-state index in [0.717, 1.165) is 11.3 Å². The van der Waals surface area contributed by atoms with Gasteiger partial charge in [-0.2, -0.15) is 11.3 Å². The lowest BCUT2D eigenvalue weighted by Crippen LogP contribution is -2.25. The normalized spacial score (nSPS) is 10.6. The lowest BCUT2D eigenvalue weighted by Gasteiger charge is -2.05. The van der Waals surface area contributed by atoms with Gasteiger partial charge in [-0.1, -0.05) is 23.8 Å². The van der Waals surface area contributed by atoms with E-state index in [1.807, 2.05) is 10.8 Å². The maximum Gasteiger partial charge on any atom is 0.252 e. The molecule has 5 nitrogen and oxygen atoms in total. The number of carbonyl (C=O) groups excluding carboxylic acids is 2. The van der Waals surface area contributed by atoms with Gasteiger partial charge in [-0.3, -0.25) is 9.59 Å². The molecule has 0 bridgehead atoms. The van der Waals surface area contributed by atoms with E-state index in [2.05, 4.69) is 47.7 Å². The number of nitrogens with zero attached hydrogens (tertiary/aromatic N) is 1. The first-order chi connectivity index (χ1) is 13.0. The highest BCUT2D eigenvalue weighted by atomic mass is 32.1. The second-order valence-corrected chi connectivity index (χ2v) is 7.91. The number of rotatable bonds is 7. The van der Waals surface area contributed by atoms with Crippen LogP contribution in [0.5, 0.6) is 0 Å². The molecular formula is C20H21N3O2S2. The Morgan fingerprint density at radius 2 is 2.00 bits per heavy atom. The van der Waals surface area contributed by atoms with Gasteiger partial charge >= 0.3 is 0 Å². The summed E-state index contributed by atoms with van der Waals surface area (Å²) in [5.41, 5.74) is 4.99. The summed E-state index contributed by atoms with van der Waals surface area (Å²) in [6, 6.07) is 8.02. The van der Waals surface area contributed by atoms with E-state index in [4.69, 9.17) is 0 Å². The summed E-state index contributed by atoms with van der Waals surface area (Å²) >= 11 is 2.90. The number of aromatic nitrogens is 1. The first-order valence-corrected chi connectivity index (χ1v) is 10.5. The third-order valence-corrected chi connectivity index (χ3v) is 5.50. The molecule has 140 valence electrons. The number of hydrogen-bond acceptors (Lipinski definition) is 5. The van der Waals surface area contributed by atoms with Gasteiger partial charge in [0.25, 0.3) is 5.91 Å². The number of benzene rings is 1. The number of thiophene rings is 1. The van der Waals surface area contributed by atoms with Gasteiger partial charge in [0.2, 0.25) is 5.91 Å². The molecule has 7 heteroatoms. The van der Waals surface area contributed by atoms with Gasteiger partial charge in [-0.25, -0.2) is 4.98 Å². The van der Waals surface area contributed by atoms with Gasteiger partial charge in [0.1, 0.15) is 0 Å². The highest BCUT2D eigenvalue weighted by Gasteiger charge is 2.10. The highest BCUT2D eigenvalue weighted by molar-refractivity contribution is 7.14. The Morgan fingerprint density at radius 3 is 2.74 bits per heavy atom. The van der Waals surface area contributed by atoms with Crippen LogP contribution in [0, 0.1) is 13.8 Å². The highest BCUT2D eigenvalue weighted by Crippen LogP contribution is 2.28. The van der Waals surface area contributed by atoms with Gasteiger partial charge < -0.3 is 10.6 Å². The van der Waals surface area contributed by atoms with E-state index < -0.39 is 0 Å². The summed E-state index contributed by atoms with van der Waals surface area (Å²) in [5.74, 6) is -0.198. The van der Waals surface area contributed by atoms with Crippen molar-refractivity contribution in [2.24, 2.45) is 0 Å². The molecule has 2 heterocycles. The minimum atomic E-state index is -0.102. The van der Waals surface area contributed by atoms with Crippen LogP contribution in [0.25, 0.3) is 11.3 Å². The predicted octanol–water partition coefficient (Wildman–Crippen LogP) is 4.64. The van der Waals surface area contributed by atoms with E-state index in [0.29, 0.717) is 30.1 Å². The van der Waals surface area contributed by atoms with Crippen LogP contribution in [0.3, 0.4) is 0 Å². The molecule has 27 heavy (non-hydrogen) atoms. The zero-order valence-corrected chi connectivity index (χ0v) is 16.9. The molecule has 0 saturated heterocycles. The molecule has 0 atom stereocenters. The molecule has 2 aromatic heterocycles. The molecule has 2 amide bonds. The van der Waals surface area contributed by atoms with Gasteiger partial charge in [-0.05, 0) is 37.3 Å². The van der Waals surface area contributed by atoms with Gasteiger partial charge in [-0.15, -0.1) is 11.3 Å². The van der Waals surface area contributed by atoms with Crippen LogP contribution in [0.4, 0.5) is 5.13 Å². The molecule has 0 unspecified atom stereocenters. The number of thiazole rings is 1. The Morgan fingerprint density at radius 1 is 1.15 bits per heavy atom. The molecule has 3 aromatic rings. The second kappa shape index (κ2) is 8.92. The SMILES string of the molecule is Cc1ccc(-c2csc(NC(=O)CCCNC(=O)c3ccsc3)n2)c(C)c1. The third-order valence-electron chi connectivity index (χ3n) is 4.06. The van der Waals surface area contributed by atoms with E-state index in [-0.39, 0.29) is 11.8 Å². The van der Waals surface area contributed by atoms with Crippen molar-refractivity contribution >= 4 is 39.6 Å². The lowest BCUT2D eigenvalue weighted by atomic mass is 10.0. The number of amides is 2. The molecular weight excluding hydrogens is 378 g/mol. The Kier molecular flexibility index (Phi) is 6.36.